The van der Waals surface area contributed by atoms with Crippen LogP contribution in [0.5, 0.6) is 0 Å². The summed E-state index contributed by atoms with van der Waals surface area (Å²) in [7, 11) is -3.67. The summed E-state index contributed by atoms with van der Waals surface area (Å²) in [5.74, 6) is -0.546. The zero-order chi connectivity index (χ0) is 13.2. The Bertz CT molecular complexity index is 570. The third kappa shape index (κ3) is 2.66. The highest BCUT2D eigenvalue weighted by Crippen LogP contribution is 2.07. The van der Waals surface area contributed by atoms with Gasteiger partial charge in [-0.2, -0.15) is 0 Å². The number of hydrogen-bond donors (Lipinski definition) is 3. The van der Waals surface area contributed by atoms with Crippen LogP contribution in [0.15, 0.2) is 35.2 Å². The summed E-state index contributed by atoms with van der Waals surface area (Å²) < 4.78 is 25.9. The molecule has 3 amide bonds. The number of hydrogen-bond acceptors (Lipinski definition) is 4. The number of rotatable bonds is 4. The van der Waals surface area contributed by atoms with Gasteiger partial charge in [0.05, 0.1) is 4.90 Å². The topological polar surface area (TPSA) is 104 Å². The molecule has 3 N–H and O–H groups in total. The number of carbonyl (C=O) groups excluding carboxylic acids is 2. The SMILES string of the molecule is O=C1NC(=O)C(CNS(=O)(=O)c2ccccc2)N1. The molecule has 1 saturated heterocycles. The van der Waals surface area contributed by atoms with E-state index in [-0.39, 0.29) is 11.4 Å². The molecule has 18 heavy (non-hydrogen) atoms. The zero-order valence-electron chi connectivity index (χ0n) is 9.21. The van der Waals surface area contributed by atoms with Gasteiger partial charge in [0.15, 0.2) is 0 Å². The molecular weight excluding hydrogens is 258 g/mol. The number of imide groups is 1. The highest BCUT2D eigenvalue weighted by atomic mass is 32.2. The van der Waals surface area contributed by atoms with Gasteiger partial charge in [0.2, 0.25) is 10.0 Å². The smallest absolute Gasteiger partial charge is 0.322 e. The van der Waals surface area contributed by atoms with E-state index in [9.17, 15) is 18.0 Å². The Labute approximate surface area is 104 Å². The Morgan fingerprint density at radius 3 is 2.39 bits per heavy atom. The van der Waals surface area contributed by atoms with Crippen molar-refractivity contribution in [1.82, 2.24) is 15.4 Å². The summed E-state index contributed by atoms with van der Waals surface area (Å²) in [5, 5.41) is 4.32. The van der Waals surface area contributed by atoms with E-state index in [0.717, 1.165) is 0 Å². The fourth-order valence-corrected chi connectivity index (χ4v) is 2.55. The van der Waals surface area contributed by atoms with Gasteiger partial charge in [0.25, 0.3) is 5.91 Å². The minimum absolute atomic E-state index is 0.106. The van der Waals surface area contributed by atoms with Gasteiger partial charge in [0, 0.05) is 6.54 Å². The van der Waals surface area contributed by atoms with Crippen molar-refractivity contribution in [1.29, 1.82) is 0 Å². The molecule has 1 unspecified atom stereocenters. The lowest BCUT2D eigenvalue weighted by Crippen LogP contribution is -2.41. The number of benzene rings is 1. The Morgan fingerprint density at radius 1 is 1.17 bits per heavy atom. The predicted octanol–water partition coefficient (Wildman–Crippen LogP) is -0.827. The van der Waals surface area contributed by atoms with Gasteiger partial charge in [-0.3, -0.25) is 10.1 Å². The molecule has 1 aliphatic heterocycles. The molecule has 0 aromatic heterocycles. The molecule has 2 rings (SSSR count). The first kappa shape index (κ1) is 12.5. The summed E-state index contributed by atoms with van der Waals surface area (Å²) in [6.45, 7) is -0.186. The minimum atomic E-state index is -3.67. The van der Waals surface area contributed by atoms with E-state index >= 15 is 0 Å². The fraction of sp³-hybridized carbons (Fsp3) is 0.200. The van der Waals surface area contributed by atoms with Crippen molar-refractivity contribution in [3.63, 3.8) is 0 Å². The first-order valence-electron chi connectivity index (χ1n) is 5.15. The molecule has 96 valence electrons. The quantitative estimate of drug-likeness (QED) is 0.621. The average Bonchev–Trinajstić information content (AvgIpc) is 2.67. The molecule has 0 saturated carbocycles. The van der Waals surface area contributed by atoms with Crippen molar-refractivity contribution in [3.8, 4) is 0 Å². The maximum atomic E-state index is 11.8. The second-order valence-corrected chi connectivity index (χ2v) is 5.45. The first-order chi connectivity index (χ1) is 8.49. The molecule has 1 aromatic carbocycles. The van der Waals surface area contributed by atoms with Crippen LogP contribution in [-0.4, -0.2) is 32.9 Å². The molecule has 0 radical (unpaired) electrons. The lowest BCUT2D eigenvalue weighted by Gasteiger charge is -2.09. The largest absolute Gasteiger partial charge is 0.325 e. The molecule has 1 aromatic rings. The molecule has 8 heteroatoms. The van der Waals surface area contributed by atoms with Crippen LogP contribution in [0.3, 0.4) is 0 Å². The number of sulfonamides is 1. The van der Waals surface area contributed by atoms with Gasteiger partial charge >= 0.3 is 6.03 Å². The summed E-state index contributed by atoms with van der Waals surface area (Å²) in [6.07, 6.45) is 0. The number of urea groups is 1. The summed E-state index contributed by atoms with van der Waals surface area (Å²) in [4.78, 5) is 22.2. The van der Waals surface area contributed by atoms with Crippen LogP contribution in [0, 0.1) is 0 Å². The monoisotopic (exact) mass is 269 g/mol. The van der Waals surface area contributed by atoms with E-state index in [1.807, 2.05) is 5.32 Å². The van der Waals surface area contributed by atoms with Gasteiger partial charge in [-0.15, -0.1) is 0 Å². The summed E-state index contributed by atoms with van der Waals surface area (Å²) >= 11 is 0. The average molecular weight is 269 g/mol. The molecular formula is C10H11N3O4S. The van der Waals surface area contributed by atoms with Crippen molar-refractivity contribution in [2.24, 2.45) is 0 Å². The highest BCUT2D eigenvalue weighted by Gasteiger charge is 2.30. The number of carbonyl (C=O) groups is 2. The number of amides is 3. The van der Waals surface area contributed by atoms with Crippen LogP contribution < -0.4 is 15.4 Å². The third-order valence-electron chi connectivity index (χ3n) is 2.39. The van der Waals surface area contributed by atoms with Crippen molar-refractivity contribution < 1.29 is 18.0 Å². The van der Waals surface area contributed by atoms with Crippen LogP contribution >= 0.6 is 0 Å². The second-order valence-electron chi connectivity index (χ2n) is 3.68. The van der Waals surface area contributed by atoms with Crippen LogP contribution in [-0.2, 0) is 14.8 Å². The van der Waals surface area contributed by atoms with E-state index in [1.165, 1.54) is 12.1 Å². The molecule has 0 bridgehead atoms. The third-order valence-corrected chi connectivity index (χ3v) is 3.83. The predicted molar refractivity (Wildman–Crippen MR) is 62.1 cm³/mol. The fourth-order valence-electron chi connectivity index (χ4n) is 1.48. The number of nitrogens with one attached hydrogen (secondary N) is 3. The molecule has 1 atom stereocenters. The normalized spacial score (nSPS) is 19.4. The maximum Gasteiger partial charge on any atom is 0.322 e. The molecule has 7 nitrogen and oxygen atoms in total. The van der Waals surface area contributed by atoms with Crippen LogP contribution in [0.25, 0.3) is 0 Å². The van der Waals surface area contributed by atoms with Gasteiger partial charge in [-0.05, 0) is 12.1 Å². The van der Waals surface area contributed by atoms with E-state index in [0.29, 0.717) is 0 Å². The van der Waals surface area contributed by atoms with E-state index in [4.69, 9.17) is 0 Å². The molecule has 0 spiro atoms. The Kier molecular flexibility index (Phi) is 3.30. The molecule has 0 aliphatic carbocycles. The molecule has 1 fully saturated rings. The highest BCUT2D eigenvalue weighted by molar-refractivity contribution is 7.89. The van der Waals surface area contributed by atoms with Gasteiger partial charge in [0.1, 0.15) is 6.04 Å². The maximum absolute atomic E-state index is 11.8. The Balaban J connectivity index is 2.02. The van der Waals surface area contributed by atoms with Gasteiger partial charge < -0.3 is 5.32 Å². The van der Waals surface area contributed by atoms with Crippen molar-refractivity contribution in [2.45, 2.75) is 10.9 Å². The molecule has 1 aliphatic rings. The summed E-state index contributed by atoms with van der Waals surface area (Å²) in [5.41, 5.74) is 0. The Hall–Kier alpha value is -1.93. The van der Waals surface area contributed by atoms with Crippen LogP contribution in [0.2, 0.25) is 0 Å². The van der Waals surface area contributed by atoms with Crippen molar-refractivity contribution >= 4 is 22.0 Å². The van der Waals surface area contributed by atoms with Gasteiger partial charge in [-0.25, -0.2) is 17.9 Å². The zero-order valence-corrected chi connectivity index (χ0v) is 10.0. The second kappa shape index (κ2) is 4.75. The minimum Gasteiger partial charge on any atom is -0.325 e. The van der Waals surface area contributed by atoms with Crippen molar-refractivity contribution in [2.75, 3.05) is 6.54 Å². The standard InChI is InChI=1S/C10H11N3O4S/c14-9-8(12-10(15)13-9)6-11-18(16,17)7-4-2-1-3-5-7/h1-5,8,11H,6H2,(H2,12,13,14,15). The Morgan fingerprint density at radius 2 is 1.83 bits per heavy atom. The summed E-state index contributed by atoms with van der Waals surface area (Å²) in [6, 6.07) is 6.27. The van der Waals surface area contributed by atoms with E-state index in [2.05, 4.69) is 10.0 Å². The lowest BCUT2D eigenvalue weighted by molar-refractivity contribution is -0.120. The lowest BCUT2D eigenvalue weighted by atomic mass is 10.3. The van der Waals surface area contributed by atoms with Crippen LogP contribution in [0.1, 0.15) is 0 Å². The van der Waals surface area contributed by atoms with E-state index in [1.54, 1.807) is 18.2 Å². The van der Waals surface area contributed by atoms with Crippen LogP contribution in [0.4, 0.5) is 4.79 Å². The van der Waals surface area contributed by atoms with Gasteiger partial charge in [-0.1, -0.05) is 18.2 Å². The molecule has 1 heterocycles. The van der Waals surface area contributed by atoms with E-state index < -0.39 is 28.0 Å². The van der Waals surface area contributed by atoms with Crippen molar-refractivity contribution in [3.05, 3.63) is 30.3 Å². The first-order valence-corrected chi connectivity index (χ1v) is 6.63.